The molecule has 2 amide bonds. The number of nitrogens with one attached hydrogen (secondary N) is 3. The molecule has 0 saturated carbocycles. The second kappa shape index (κ2) is 13.7. The molecular formula is C29H37Cl2N3O7. The zero-order chi connectivity index (χ0) is 30.4. The Bertz CT molecular complexity index is 1230. The maximum Gasteiger partial charge on any atom is 0.408 e. The fraction of sp³-hybridized carbons (Fsp3) is 0.483. The van der Waals surface area contributed by atoms with E-state index in [0.717, 1.165) is 0 Å². The van der Waals surface area contributed by atoms with Crippen LogP contribution in [0.15, 0.2) is 42.5 Å². The van der Waals surface area contributed by atoms with E-state index in [4.69, 9.17) is 42.1 Å². The summed E-state index contributed by atoms with van der Waals surface area (Å²) in [7, 11) is 0. The Morgan fingerprint density at radius 2 is 1.73 bits per heavy atom. The average Bonchev–Trinajstić information content (AvgIpc) is 3.21. The number of anilines is 2. The molecule has 1 aliphatic rings. The van der Waals surface area contributed by atoms with Crippen LogP contribution in [0, 0.1) is 0 Å². The van der Waals surface area contributed by atoms with Crippen molar-refractivity contribution >= 4 is 52.5 Å². The summed E-state index contributed by atoms with van der Waals surface area (Å²) in [6.45, 7) is 10.6. The number of ether oxygens (including phenoxy) is 4. The Kier molecular flexibility index (Phi) is 10.9. The number of amides is 2. The van der Waals surface area contributed by atoms with Crippen LogP contribution in [0.4, 0.5) is 16.2 Å². The molecule has 10 nitrogen and oxygen atoms in total. The Hall–Kier alpha value is -3.05. The number of hydrogen-bond acceptors (Lipinski definition) is 8. The van der Waals surface area contributed by atoms with Gasteiger partial charge in [-0.05, 0) is 65.3 Å². The normalized spacial score (nSPS) is 17.7. The summed E-state index contributed by atoms with van der Waals surface area (Å²) in [5, 5.41) is 9.28. The molecule has 0 spiro atoms. The van der Waals surface area contributed by atoms with Crippen molar-refractivity contribution in [3.8, 4) is 0 Å². The van der Waals surface area contributed by atoms with Crippen molar-refractivity contribution in [2.24, 2.45) is 0 Å². The first-order chi connectivity index (χ1) is 19.1. The zero-order valence-electron chi connectivity index (χ0n) is 24.0. The van der Waals surface area contributed by atoms with Crippen LogP contribution < -0.4 is 16.0 Å². The lowest BCUT2D eigenvalue weighted by atomic mass is 10.1. The Labute approximate surface area is 250 Å². The molecule has 3 rings (SSSR count). The number of alkyl carbamates (subject to hydrolysis) is 1. The number of benzene rings is 2. The third-order valence-corrected chi connectivity index (χ3v) is 6.52. The lowest BCUT2D eigenvalue weighted by Crippen LogP contribution is -2.55. The number of para-hydroxylation sites is 2. The average molecular weight is 611 g/mol. The van der Waals surface area contributed by atoms with E-state index >= 15 is 0 Å². The fourth-order valence-electron chi connectivity index (χ4n) is 4.04. The van der Waals surface area contributed by atoms with Crippen molar-refractivity contribution in [2.45, 2.75) is 77.6 Å². The molecule has 0 bridgehead atoms. The van der Waals surface area contributed by atoms with Gasteiger partial charge < -0.3 is 34.9 Å². The second-order valence-electron chi connectivity index (χ2n) is 11.1. The summed E-state index contributed by atoms with van der Waals surface area (Å²) in [6, 6.07) is 11.0. The first kappa shape index (κ1) is 32.5. The molecule has 1 fully saturated rings. The first-order valence-corrected chi connectivity index (χ1v) is 14.0. The molecular weight excluding hydrogens is 573 g/mol. The van der Waals surface area contributed by atoms with Gasteiger partial charge >= 0.3 is 12.1 Å². The Morgan fingerprint density at radius 1 is 1.07 bits per heavy atom. The molecule has 0 aliphatic carbocycles. The van der Waals surface area contributed by atoms with Gasteiger partial charge in [0, 0.05) is 12.2 Å². The minimum atomic E-state index is -1.24. The molecule has 1 saturated heterocycles. The molecule has 2 aromatic carbocycles. The quantitative estimate of drug-likeness (QED) is 0.307. The van der Waals surface area contributed by atoms with Crippen molar-refractivity contribution in [2.75, 3.05) is 18.5 Å². The fourth-order valence-corrected chi connectivity index (χ4v) is 4.53. The van der Waals surface area contributed by atoms with E-state index in [1.807, 2.05) is 0 Å². The summed E-state index contributed by atoms with van der Waals surface area (Å²) in [6.07, 6.45) is -2.36. The lowest BCUT2D eigenvalue weighted by Gasteiger charge is -2.27. The van der Waals surface area contributed by atoms with E-state index in [1.54, 1.807) is 77.1 Å². The van der Waals surface area contributed by atoms with Crippen LogP contribution in [0.1, 0.15) is 47.1 Å². The summed E-state index contributed by atoms with van der Waals surface area (Å²) in [4.78, 5) is 38.7. The molecule has 2 aromatic rings. The van der Waals surface area contributed by atoms with Gasteiger partial charge in [0.25, 0.3) is 0 Å². The predicted molar refractivity (Wildman–Crippen MR) is 157 cm³/mol. The van der Waals surface area contributed by atoms with Crippen LogP contribution >= 0.6 is 23.2 Å². The van der Waals surface area contributed by atoms with E-state index in [1.165, 1.54) is 6.92 Å². The van der Waals surface area contributed by atoms with E-state index in [9.17, 15) is 14.4 Å². The van der Waals surface area contributed by atoms with E-state index in [0.29, 0.717) is 33.6 Å². The largest absolute Gasteiger partial charge is 0.460 e. The number of carbonyl (C=O) groups excluding carboxylic acids is 3. The topological polar surface area (TPSA) is 124 Å². The van der Waals surface area contributed by atoms with Crippen molar-refractivity contribution in [1.29, 1.82) is 0 Å². The molecule has 1 aliphatic heterocycles. The smallest absolute Gasteiger partial charge is 0.408 e. The number of halogens is 2. The molecule has 0 aromatic heterocycles. The first-order valence-electron chi connectivity index (χ1n) is 13.2. The number of hydrogen-bond donors (Lipinski definition) is 3. The van der Waals surface area contributed by atoms with Crippen LogP contribution in [0.3, 0.4) is 0 Å². The predicted octanol–water partition coefficient (Wildman–Crippen LogP) is 5.37. The lowest BCUT2D eigenvalue weighted by molar-refractivity contribution is -0.151. The van der Waals surface area contributed by atoms with Crippen LogP contribution in [0.25, 0.3) is 0 Å². The van der Waals surface area contributed by atoms with Gasteiger partial charge in [0.2, 0.25) is 5.91 Å². The number of carbonyl (C=O) groups is 3. The number of rotatable bonds is 10. The highest BCUT2D eigenvalue weighted by molar-refractivity contribution is 6.39. The van der Waals surface area contributed by atoms with E-state index in [-0.39, 0.29) is 19.1 Å². The van der Waals surface area contributed by atoms with E-state index < -0.39 is 41.5 Å². The second-order valence-corrected chi connectivity index (χ2v) is 11.9. The minimum absolute atomic E-state index is 0.126. The van der Waals surface area contributed by atoms with Crippen LogP contribution in [-0.2, 0) is 35.0 Å². The molecule has 3 N–H and O–H groups in total. The van der Waals surface area contributed by atoms with Crippen LogP contribution in [-0.4, -0.2) is 60.8 Å². The molecule has 0 radical (unpaired) electrons. The highest BCUT2D eigenvalue weighted by atomic mass is 35.5. The third kappa shape index (κ3) is 10.1. The monoisotopic (exact) mass is 609 g/mol. The van der Waals surface area contributed by atoms with Crippen LogP contribution in [0.5, 0.6) is 0 Å². The highest BCUT2D eigenvalue weighted by Crippen LogP contribution is 2.33. The summed E-state index contributed by atoms with van der Waals surface area (Å²) < 4.78 is 22.2. The highest BCUT2D eigenvalue weighted by Gasteiger charge is 2.35. The van der Waals surface area contributed by atoms with Crippen molar-refractivity contribution in [1.82, 2.24) is 10.6 Å². The van der Waals surface area contributed by atoms with Gasteiger partial charge in [-0.3, -0.25) is 9.59 Å². The molecule has 41 heavy (non-hydrogen) atoms. The SMILES string of the molecule is C[C@@H](OC(=O)Cc1ccccc1Nc1c(Cl)cccc1Cl)[C@H](NC(=O)OC(C)(C)C)C(=O)NCC1COC(C)(C)O1. The maximum absolute atomic E-state index is 13.2. The van der Waals surface area contributed by atoms with Gasteiger partial charge in [-0.15, -0.1) is 0 Å². The summed E-state index contributed by atoms with van der Waals surface area (Å²) in [5.74, 6) is -1.94. The minimum Gasteiger partial charge on any atom is -0.460 e. The molecule has 12 heteroatoms. The summed E-state index contributed by atoms with van der Waals surface area (Å²) >= 11 is 12.6. The molecule has 1 heterocycles. The van der Waals surface area contributed by atoms with Gasteiger partial charge in [0.1, 0.15) is 23.9 Å². The standard InChI is InChI=1S/C29H37Cl2N3O7/c1-17(24(34-27(37)41-28(2,3)4)26(36)32-15-19-16-38-29(5,6)40-19)39-23(35)14-18-10-7-8-13-22(18)33-25-20(30)11-9-12-21(25)31/h7-13,17,19,24,33H,14-16H2,1-6H3,(H,32,36)(H,34,37)/t17-,19?,24+/m1/s1. The van der Waals surface area contributed by atoms with Crippen molar-refractivity contribution < 1.29 is 33.3 Å². The third-order valence-electron chi connectivity index (χ3n) is 5.89. The molecule has 224 valence electrons. The Morgan fingerprint density at radius 3 is 2.34 bits per heavy atom. The molecule has 1 unspecified atom stereocenters. The Balaban J connectivity index is 1.69. The number of esters is 1. The summed E-state index contributed by atoms with van der Waals surface area (Å²) in [5.41, 5.74) is 0.925. The van der Waals surface area contributed by atoms with E-state index in [2.05, 4.69) is 16.0 Å². The van der Waals surface area contributed by atoms with Crippen LogP contribution in [0.2, 0.25) is 10.0 Å². The van der Waals surface area contributed by atoms with Crippen molar-refractivity contribution in [3.63, 3.8) is 0 Å². The van der Waals surface area contributed by atoms with Gasteiger partial charge in [-0.2, -0.15) is 0 Å². The van der Waals surface area contributed by atoms with Gasteiger partial charge in [0.05, 0.1) is 28.8 Å². The van der Waals surface area contributed by atoms with Crippen molar-refractivity contribution in [3.05, 3.63) is 58.1 Å². The van der Waals surface area contributed by atoms with Gasteiger partial charge in [-0.25, -0.2) is 4.79 Å². The zero-order valence-corrected chi connectivity index (χ0v) is 25.5. The maximum atomic E-state index is 13.2. The van der Waals surface area contributed by atoms with Gasteiger partial charge in [0.15, 0.2) is 5.79 Å². The molecule has 3 atom stereocenters. The van der Waals surface area contributed by atoms with Gasteiger partial charge in [-0.1, -0.05) is 47.5 Å².